The fourth-order valence-electron chi connectivity index (χ4n) is 3.50. The van der Waals surface area contributed by atoms with E-state index in [9.17, 15) is 4.79 Å². The second-order valence-corrected chi connectivity index (χ2v) is 6.54. The zero-order chi connectivity index (χ0) is 15.6. The Hall–Kier alpha value is -1.43. The highest BCUT2D eigenvalue weighted by Crippen LogP contribution is 2.35. The fraction of sp³-hybridized carbons (Fsp3) is 0.812. The van der Waals surface area contributed by atoms with Crippen LogP contribution in [-0.4, -0.2) is 40.1 Å². The smallest absolute Gasteiger partial charge is 0.236 e. The third-order valence-corrected chi connectivity index (χ3v) is 4.89. The average Bonchev–Trinajstić information content (AvgIpc) is 3.27. The van der Waals surface area contributed by atoms with Crippen LogP contribution in [0.1, 0.15) is 63.6 Å². The number of amides is 1. The molecule has 122 valence electrons. The molecule has 2 saturated carbocycles. The van der Waals surface area contributed by atoms with E-state index in [2.05, 4.69) is 22.4 Å². The first-order chi connectivity index (χ1) is 10.6. The third kappa shape index (κ3) is 3.16. The second-order valence-electron chi connectivity index (χ2n) is 6.54. The Morgan fingerprint density at radius 3 is 2.64 bits per heavy atom. The lowest BCUT2D eigenvalue weighted by atomic mass is 9.81. The van der Waals surface area contributed by atoms with Crippen LogP contribution >= 0.6 is 0 Å². The van der Waals surface area contributed by atoms with Gasteiger partial charge in [0.2, 0.25) is 11.8 Å². The summed E-state index contributed by atoms with van der Waals surface area (Å²) < 4.78 is 5.17. The topological polar surface area (TPSA) is 71.3 Å². The maximum atomic E-state index is 12.5. The molecule has 0 unspecified atom stereocenters. The number of carbonyl (C=O) groups excluding carboxylic acids is 1. The molecule has 1 heterocycles. The van der Waals surface area contributed by atoms with Crippen molar-refractivity contribution in [3.05, 3.63) is 11.7 Å². The van der Waals surface area contributed by atoms with Gasteiger partial charge in [-0.25, -0.2) is 0 Å². The van der Waals surface area contributed by atoms with Gasteiger partial charge in [-0.2, -0.15) is 4.98 Å². The van der Waals surface area contributed by atoms with E-state index >= 15 is 0 Å². The van der Waals surface area contributed by atoms with Crippen molar-refractivity contribution < 1.29 is 9.32 Å². The van der Waals surface area contributed by atoms with E-state index in [0.717, 1.165) is 45.1 Å². The predicted molar refractivity (Wildman–Crippen MR) is 82.2 cm³/mol. The molecule has 1 amide bonds. The molecule has 6 nitrogen and oxygen atoms in total. The van der Waals surface area contributed by atoms with Gasteiger partial charge in [0.15, 0.2) is 5.82 Å². The minimum Gasteiger partial charge on any atom is -0.340 e. The van der Waals surface area contributed by atoms with Crippen LogP contribution in [0.3, 0.4) is 0 Å². The molecule has 2 fully saturated rings. The Morgan fingerprint density at radius 2 is 2.09 bits per heavy atom. The second kappa shape index (κ2) is 6.36. The summed E-state index contributed by atoms with van der Waals surface area (Å²) in [5.41, 5.74) is -0.297. The summed E-state index contributed by atoms with van der Waals surface area (Å²) in [6, 6.07) is 0.467. The molecule has 0 radical (unpaired) electrons. The summed E-state index contributed by atoms with van der Waals surface area (Å²) >= 11 is 0. The summed E-state index contributed by atoms with van der Waals surface area (Å²) in [6.45, 7) is 5.01. The minimum absolute atomic E-state index is 0.190. The number of likely N-dealkylation sites (N-methyl/N-ethyl adjacent to an activating group) is 1. The van der Waals surface area contributed by atoms with E-state index in [1.54, 1.807) is 0 Å². The Morgan fingerprint density at radius 1 is 1.36 bits per heavy atom. The summed E-state index contributed by atoms with van der Waals surface area (Å²) in [7, 11) is 0. The van der Waals surface area contributed by atoms with Gasteiger partial charge in [-0.3, -0.25) is 10.1 Å². The third-order valence-electron chi connectivity index (χ3n) is 4.89. The summed E-state index contributed by atoms with van der Waals surface area (Å²) in [6.07, 6.45) is 7.73. The Balaban J connectivity index is 1.69. The number of nitrogens with zero attached hydrogens (tertiary/aromatic N) is 3. The summed E-state index contributed by atoms with van der Waals surface area (Å²) in [5.74, 6) is 1.49. The SMILES string of the molecule is CCN(C(=O)CNC1(c2noc(C)n2)CCCCC1)C1CC1. The Labute approximate surface area is 131 Å². The number of rotatable bonds is 6. The molecule has 1 aromatic rings. The van der Waals surface area contributed by atoms with Gasteiger partial charge in [0.05, 0.1) is 12.1 Å². The van der Waals surface area contributed by atoms with E-state index in [0.29, 0.717) is 24.3 Å². The van der Waals surface area contributed by atoms with E-state index in [-0.39, 0.29) is 11.4 Å². The van der Waals surface area contributed by atoms with E-state index < -0.39 is 0 Å². The number of hydrogen-bond acceptors (Lipinski definition) is 5. The lowest BCUT2D eigenvalue weighted by molar-refractivity contribution is -0.131. The molecule has 0 aromatic carbocycles. The van der Waals surface area contributed by atoms with Crippen LogP contribution in [0.4, 0.5) is 0 Å². The van der Waals surface area contributed by atoms with Crippen molar-refractivity contribution in [2.45, 2.75) is 70.4 Å². The van der Waals surface area contributed by atoms with Crippen molar-refractivity contribution in [2.24, 2.45) is 0 Å². The van der Waals surface area contributed by atoms with Gasteiger partial charge in [-0.15, -0.1) is 0 Å². The molecule has 6 heteroatoms. The molecule has 2 aliphatic rings. The van der Waals surface area contributed by atoms with Gasteiger partial charge in [0.1, 0.15) is 0 Å². The highest BCUT2D eigenvalue weighted by atomic mass is 16.5. The van der Waals surface area contributed by atoms with Crippen LogP contribution < -0.4 is 5.32 Å². The van der Waals surface area contributed by atoms with Crippen molar-refractivity contribution in [3.8, 4) is 0 Å². The van der Waals surface area contributed by atoms with Crippen LogP contribution in [0.25, 0.3) is 0 Å². The molecule has 1 N–H and O–H groups in total. The molecule has 0 atom stereocenters. The molecule has 22 heavy (non-hydrogen) atoms. The molecule has 1 aromatic heterocycles. The van der Waals surface area contributed by atoms with Crippen molar-refractivity contribution in [2.75, 3.05) is 13.1 Å². The van der Waals surface area contributed by atoms with Crippen molar-refractivity contribution in [1.82, 2.24) is 20.4 Å². The van der Waals surface area contributed by atoms with E-state index in [1.807, 2.05) is 11.8 Å². The van der Waals surface area contributed by atoms with Gasteiger partial charge >= 0.3 is 0 Å². The molecule has 2 aliphatic carbocycles. The lowest BCUT2D eigenvalue weighted by Gasteiger charge is -2.36. The number of aryl methyl sites for hydroxylation is 1. The molecule has 3 rings (SSSR count). The van der Waals surface area contributed by atoms with Crippen LogP contribution in [0.2, 0.25) is 0 Å². The zero-order valence-corrected chi connectivity index (χ0v) is 13.6. The fourth-order valence-corrected chi connectivity index (χ4v) is 3.50. The minimum atomic E-state index is -0.297. The van der Waals surface area contributed by atoms with Gasteiger partial charge in [0.25, 0.3) is 0 Å². The number of carbonyl (C=O) groups is 1. The maximum absolute atomic E-state index is 12.5. The van der Waals surface area contributed by atoms with Crippen LogP contribution in [0.15, 0.2) is 4.52 Å². The molecule has 0 aliphatic heterocycles. The van der Waals surface area contributed by atoms with Gasteiger partial charge in [-0.05, 0) is 32.6 Å². The molecular weight excluding hydrogens is 280 g/mol. The predicted octanol–water partition coefficient (Wildman–Crippen LogP) is 2.14. The van der Waals surface area contributed by atoms with Gasteiger partial charge in [-0.1, -0.05) is 24.4 Å². The molecule has 0 spiro atoms. The average molecular weight is 306 g/mol. The van der Waals surface area contributed by atoms with E-state index in [4.69, 9.17) is 4.52 Å². The Kier molecular flexibility index (Phi) is 4.47. The standard InChI is InChI=1S/C16H26N4O2/c1-3-20(13-7-8-13)14(21)11-17-16(9-5-4-6-10-16)15-18-12(2)22-19-15/h13,17H,3-11H2,1-2H3. The first-order valence-electron chi connectivity index (χ1n) is 8.50. The molecule has 0 bridgehead atoms. The van der Waals surface area contributed by atoms with Crippen molar-refractivity contribution in [1.29, 1.82) is 0 Å². The Bertz CT molecular complexity index is 518. The van der Waals surface area contributed by atoms with Crippen molar-refractivity contribution >= 4 is 5.91 Å². The quantitative estimate of drug-likeness (QED) is 0.872. The zero-order valence-electron chi connectivity index (χ0n) is 13.6. The van der Waals surface area contributed by atoms with Crippen LogP contribution in [0.5, 0.6) is 0 Å². The number of aromatic nitrogens is 2. The first kappa shape index (κ1) is 15.5. The summed E-state index contributed by atoms with van der Waals surface area (Å²) in [4.78, 5) is 18.9. The first-order valence-corrected chi connectivity index (χ1v) is 8.50. The maximum Gasteiger partial charge on any atom is 0.236 e. The monoisotopic (exact) mass is 306 g/mol. The highest BCUT2D eigenvalue weighted by Gasteiger charge is 2.39. The highest BCUT2D eigenvalue weighted by molar-refractivity contribution is 5.79. The van der Waals surface area contributed by atoms with E-state index in [1.165, 1.54) is 6.42 Å². The largest absolute Gasteiger partial charge is 0.340 e. The normalized spacial score (nSPS) is 20.8. The number of nitrogens with one attached hydrogen (secondary N) is 1. The lowest BCUT2D eigenvalue weighted by Crippen LogP contribution is -2.50. The van der Waals surface area contributed by atoms with Crippen LogP contribution in [-0.2, 0) is 10.3 Å². The van der Waals surface area contributed by atoms with Gasteiger partial charge < -0.3 is 9.42 Å². The molecular formula is C16H26N4O2. The van der Waals surface area contributed by atoms with Crippen LogP contribution in [0, 0.1) is 6.92 Å². The summed E-state index contributed by atoms with van der Waals surface area (Å²) in [5, 5.41) is 7.61. The number of hydrogen-bond donors (Lipinski definition) is 1. The van der Waals surface area contributed by atoms with Crippen molar-refractivity contribution in [3.63, 3.8) is 0 Å². The van der Waals surface area contributed by atoms with Gasteiger partial charge in [0, 0.05) is 19.5 Å². The molecule has 0 saturated heterocycles.